The number of halogens is 1. The predicted molar refractivity (Wildman–Crippen MR) is 178 cm³/mol. The molecule has 0 aromatic heterocycles. The number of hydrogen-bond donors (Lipinski definition) is 6. The van der Waals surface area contributed by atoms with Gasteiger partial charge in [-0.25, -0.2) is 9.82 Å². The molecule has 3 aliphatic heterocycles. The zero-order valence-electron chi connectivity index (χ0n) is 28.5. The summed E-state index contributed by atoms with van der Waals surface area (Å²) in [5, 5.41) is 16.8. The minimum atomic E-state index is -1.14. The van der Waals surface area contributed by atoms with Gasteiger partial charge in [-0.2, -0.15) is 0 Å². The number of amides is 1. The molecule has 3 heterocycles. The molecule has 3 fully saturated rings. The standard InChI is InChI=1S/C34H63FN8O/c1-8-12-14-23-15-13-16-25-18-27(43-20-38-22(6)42-43)30(29(23)39-25)40-33(44)28(21(5)37-19-24(35)10-3)32(36)41-31-26(11-4)34(31,7)17-9-2/h18-19,21-26,28-32,38-39,41-42H,8-17,20,36H2,1-7H3,(H,40,44). The van der Waals surface area contributed by atoms with Crippen molar-refractivity contribution in [3.63, 3.8) is 0 Å². The van der Waals surface area contributed by atoms with E-state index in [1.54, 1.807) is 6.92 Å². The van der Waals surface area contributed by atoms with Crippen LogP contribution in [-0.2, 0) is 4.79 Å². The number of hydrogen-bond acceptors (Lipinski definition) is 8. The maximum absolute atomic E-state index is 14.5. The van der Waals surface area contributed by atoms with E-state index in [1.165, 1.54) is 19.1 Å². The van der Waals surface area contributed by atoms with Gasteiger partial charge >= 0.3 is 0 Å². The third kappa shape index (κ3) is 8.03. The predicted octanol–water partition coefficient (Wildman–Crippen LogP) is 4.31. The van der Waals surface area contributed by atoms with Gasteiger partial charge in [0.1, 0.15) is 6.17 Å². The summed E-state index contributed by atoms with van der Waals surface area (Å²) < 4.78 is 14.3. The highest BCUT2D eigenvalue weighted by molar-refractivity contribution is 5.81. The van der Waals surface area contributed by atoms with Crippen LogP contribution < -0.4 is 32.4 Å². The number of unbranched alkanes of at least 4 members (excludes halogenated alkanes) is 1. The highest BCUT2D eigenvalue weighted by Crippen LogP contribution is 2.57. The van der Waals surface area contributed by atoms with E-state index in [9.17, 15) is 9.18 Å². The van der Waals surface area contributed by atoms with E-state index in [1.807, 2.05) is 6.92 Å². The summed E-state index contributed by atoms with van der Waals surface area (Å²) in [6.07, 6.45) is 12.6. The highest BCUT2D eigenvalue weighted by Gasteiger charge is 2.59. The van der Waals surface area contributed by atoms with Crippen molar-refractivity contribution < 1.29 is 9.18 Å². The Hall–Kier alpha value is -1.59. The first kappa shape index (κ1) is 35.3. The number of nitrogens with one attached hydrogen (secondary N) is 5. The Morgan fingerprint density at radius 1 is 1.27 bits per heavy atom. The van der Waals surface area contributed by atoms with Gasteiger partial charge in [-0.1, -0.05) is 66.7 Å². The van der Waals surface area contributed by atoms with Gasteiger partial charge in [-0.15, -0.1) is 0 Å². The summed E-state index contributed by atoms with van der Waals surface area (Å²) in [6.45, 7) is 15.5. The van der Waals surface area contributed by atoms with Crippen LogP contribution in [0.5, 0.6) is 0 Å². The number of carbonyl (C=O) groups excluding carboxylic acids is 1. The SMILES string of the molecule is CCCCC1CCCC2C=C(N3CNC(C)N3)C(NC(=O)C(C(C)N=CC(F)CC)C(N)NC3C(CC)C3(C)CCC)C1N2. The Labute approximate surface area is 266 Å². The van der Waals surface area contributed by atoms with Gasteiger partial charge < -0.3 is 16.4 Å². The van der Waals surface area contributed by atoms with E-state index in [0.717, 1.165) is 50.6 Å². The molecule has 12 unspecified atom stereocenters. The lowest BCUT2D eigenvalue weighted by molar-refractivity contribution is -0.127. The van der Waals surface area contributed by atoms with Crippen molar-refractivity contribution in [2.24, 2.45) is 33.9 Å². The average molecular weight is 619 g/mol. The Morgan fingerprint density at radius 3 is 2.68 bits per heavy atom. The number of nitrogens with two attached hydrogens (primary N) is 1. The van der Waals surface area contributed by atoms with Crippen LogP contribution >= 0.6 is 0 Å². The second-order valence-electron chi connectivity index (χ2n) is 14.3. The smallest absolute Gasteiger partial charge is 0.228 e. The molecule has 10 heteroatoms. The third-order valence-electron chi connectivity index (χ3n) is 11.0. The summed E-state index contributed by atoms with van der Waals surface area (Å²) in [4.78, 5) is 19.1. The van der Waals surface area contributed by atoms with E-state index in [4.69, 9.17) is 5.73 Å². The van der Waals surface area contributed by atoms with Crippen LogP contribution in [0.25, 0.3) is 0 Å². The van der Waals surface area contributed by atoms with Crippen LogP contribution in [-0.4, -0.2) is 72.5 Å². The Kier molecular flexibility index (Phi) is 12.7. The second kappa shape index (κ2) is 15.8. The largest absolute Gasteiger partial charge is 0.346 e. The lowest BCUT2D eigenvalue weighted by atomic mass is 9.83. The molecule has 0 aromatic carbocycles. The monoisotopic (exact) mass is 619 g/mol. The molecule has 12 atom stereocenters. The first-order chi connectivity index (χ1) is 21.1. The van der Waals surface area contributed by atoms with Gasteiger partial charge in [0.15, 0.2) is 0 Å². The number of alkyl halides is 1. The van der Waals surface area contributed by atoms with Gasteiger partial charge in [-0.05, 0) is 69.3 Å². The molecule has 0 aromatic rings. The van der Waals surface area contributed by atoms with Crippen LogP contribution in [0.1, 0.15) is 113 Å². The maximum atomic E-state index is 14.5. The second-order valence-corrected chi connectivity index (χ2v) is 14.3. The van der Waals surface area contributed by atoms with Crippen molar-refractivity contribution in [1.29, 1.82) is 0 Å². The molecule has 1 amide bonds. The fourth-order valence-corrected chi connectivity index (χ4v) is 8.39. The molecule has 7 N–H and O–H groups in total. The molecule has 44 heavy (non-hydrogen) atoms. The molecule has 1 aliphatic carbocycles. The molecule has 4 rings (SSSR count). The number of aliphatic imine (C=N–C) groups is 1. The summed E-state index contributed by atoms with van der Waals surface area (Å²) in [7, 11) is 0. The minimum absolute atomic E-state index is 0.121. The number of rotatable bonds is 16. The molecule has 252 valence electrons. The van der Waals surface area contributed by atoms with Crippen molar-refractivity contribution in [3.05, 3.63) is 11.8 Å². The van der Waals surface area contributed by atoms with Gasteiger partial charge in [0.2, 0.25) is 5.91 Å². The zero-order valence-corrected chi connectivity index (χ0v) is 28.5. The molecule has 1 saturated carbocycles. The zero-order chi connectivity index (χ0) is 32.0. The molecular weight excluding hydrogens is 555 g/mol. The minimum Gasteiger partial charge on any atom is -0.346 e. The Balaban J connectivity index is 1.62. The van der Waals surface area contributed by atoms with Gasteiger partial charge in [-0.3, -0.25) is 25.4 Å². The molecule has 4 aliphatic rings. The summed E-state index contributed by atoms with van der Waals surface area (Å²) in [5.74, 6) is 0.219. The van der Waals surface area contributed by atoms with Crippen LogP contribution in [0.15, 0.2) is 16.8 Å². The van der Waals surface area contributed by atoms with Gasteiger partial charge in [0.05, 0.1) is 42.7 Å². The Bertz CT molecular complexity index is 994. The van der Waals surface area contributed by atoms with E-state index in [0.29, 0.717) is 24.9 Å². The summed E-state index contributed by atoms with van der Waals surface area (Å²) in [6, 6.07) is -0.0400. The fourth-order valence-electron chi connectivity index (χ4n) is 8.39. The number of fused-ring (bicyclic) bond motifs is 2. The quantitative estimate of drug-likeness (QED) is 0.113. The summed E-state index contributed by atoms with van der Waals surface area (Å²) in [5.41, 5.74) is 11.8. The first-order valence-electron chi connectivity index (χ1n) is 17.8. The van der Waals surface area contributed by atoms with Crippen LogP contribution in [0.2, 0.25) is 0 Å². The van der Waals surface area contributed by atoms with E-state index in [2.05, 4.69) is 77.4 Å². The van der Waals surface area contributed by atoms with Crippen molar-refractivity contribution in [2.45, 2.75) is 161 Å². The molecule has 2 saturated heterocycles. The highest BCUT2D eigenvalue weighted by atomic mass is 19.1. The van der Waals surface area contributed by atoms with Crippen molar-refractivity contribution in [2.75, 3.05) is 6.67 Å². The average Bonchev–Trinajstić information content (AvgIpc) is 3.35. The lowest BCUT2D eigenvalue weighted by Crippen LogP contribution is -2.64. The van der Waals surface area contributed by atoms with Crippen molar-refractivity contribution >= 4 is 12.1 Å². The third-order valence-corrected chi connectivity index (χ3v) is 11.0. The molecule has 2 bridgehead atoms. The van der Waals surface area contributed by atoms with Crippen molar-refractivity contribution in [3.8, 4) is 0 Å². The van der Waals surface area contributed by atoms with Crippen LogP contribution in [0.3, 0.4) is 0 Å². The topological polar surface area (TPSA) is 119 Å². The van der Waals surface area contributed by atoms with Crippen LogP contribution in [0.4, 0.5) is 4.39 Å². The van der Waals surface area contributed by atoms with E-state index < -0.39 is 24.3 Å². The molecule has 0 spiro atoms. The first-order valence-corrected chi connectivity index (χ1v) is 17.8. The summed E-state index contributed by atoms with van der Waals surface area (Å²) >= 11 is 0. The number of carbonyl (C=O) groups is 1. The van der Waals surface area contributed by atoms with E-state index >= 15 is 0 Å². The number of hydrazine groups is 1. The Morgan fingerprint density at radius 2 is 2.05 bits per heavy atom. The molecule has 9 nitrogen and oxygen atoms in total. The normalized spacial score (nSPS) is 36.4. The van der Waals surface area contributed by atoms with Gasteiger partial charge in [0.25, 0.3) is 0 Å². The number of nitrogens with zero attached hydrogens (tertiary/aromatic N) is 2. The molecular formula is C34H63FN8O. The molecule has 0 radical (unpaired) electrons. The van der Waals surface area contributed by atoms with E-state index in [-0.39, 0.29) is 41.7 Å². The maximum Gasteiger partial charge on any atom is 0.228 e. The van der Waals surface area contributed by atoms with Crippen LogP contribution in [0, 0.1) is 23.2 Å². The lowest BCUT2D eigenvalue weighted by Gasteiger charge is -2.43. The fraction of sp³-hybridized carbons (Fsp3) is 0.882. The van der Waals surface area contributed by atoms with Crippen molar-refractivity contribution in [1.82, 2.24) is 31.7 Å². The van der Waals surface area contributed by atoms with Gasteiger partial charge in [0, 0.05) is 24.3 Å².